The molecule has 0 aliphatic heterocycles. The van der Waals surface area contributed by atoms with Gasteiger partial charge in [-0.2, -0.15) is 5.26 Å². The highest BCUT2D eigenvalue weighted by Crippen LogP contribution is 2.46. The zero-order valence-electron chi connectivity index (χ0n) is 22.6. The zero-order chi connectivity index (χ0) is 26.1. The van der Waals surface area contributed by atoms with Crippen molar-refractivity contribution in [2.75, 3.05) is 0 Å². The van der Waals surface area contributed by atoms with Crippen LogP contribution in [-0.4, -0.2) is 0 Å². The number of furan rings is 1. The minimum absolute atomic E-state index is 0.155. The van der Waals surface area contributed by atoms with E-state index in [0.717, 1.165) is 50.7 Å². The van der Waals surface area contributed by atoms with Crippen molar-refractivity contribution < 1.29 is 11.7 Å². The smallest absolute Gasteiger partial charge is 0.216 e. The molecule has 0 amide bonds. The zero-order valence-corrected chi connectivity index (χ0v) is 20.6. The lowest BCUT2D eigenvalue weighted by Crippen LogP contribution is -2.30. The van der Waals surface area contributed by atoms with E-state index in [1.165, 1.54) is 0 Å². The summed E-state index contributed by atoms with van der Waals surface area (Å²) in [7, 11) is 2.02. The normalized spacial score (nSPS) is 17.0. The molecule has 0 fully saturated rings. The van der Waals surface area contributed by atoms with Crippen LogP contribution < -0.4 is 4.57 Å². The van der Waals surface area contributed by atoms with Gasteiger partial charge in [-0.1, -0.05) is 44.2 Å². The summed E-state index contributed by atoms with van der Waals surface area (Å²) in [6.45, 7) is 6.43. The average Bonchev–Trinajstić information content (AvgIpc) is 3.25. The number of nitriles is 1. The van der Waals surface area contributed by atoms with Gasteiger partial charge in [-0.15, -0.1) is 0 Å². The summed E-state index contributed by atoms with van der Waals surface area (Å²) in [5.41, 5.74) is 8.03. The van der Waals surface area contributed by atoms with E-state index in [4.69, 9.17) is 7.16 Å². The molecular formula is C32H29N2O+. The van der Waals surface area contributed by atoms with Crippen molar-refractivity contribution in [3.63, 3.8) is 0 Å². The molecule has 1 aliphatic carbocycles. The molecule has 0 saturated carbocycles. The van der Waals surface area contributed by atoms with Crippen LogP contribution in [0, 0.1) is 18.3 Å². The summed E-state index contributed by atoms with van der Waals surface area (Å²) in [6.07, 6.45) is 1.74. The predicted octanol–water partition coefficient (Wildman–Crippen LogP) is 7.54. The summed E-state index contributed by atoms with van der Waals surface area (Å²) in [5, 5.41) is 12.1. The molecule has 0 radical (unpaired) electrons. The highest BCUT2D eigenvalue weighted by Gasteiger charge is 2.30. The molecule has 2 heterocycles. The second-order valence-corrected chi connectivity index (χ2v) is 10.2. The third kappa shape index (κ3) is 3.21. The lowest BCUT2D eigenvalue weighted by molar-refractivity contribution is -0.660. The Balaban J connectivity index is 1.75. The number of aromatic nitrogens is 1. The molecule has 2 aromatic heterocycles. The van der Waals surface area contributed by atoms with Crippen molar-refractivity contribution in [2.24, 2.45) is 7.05 Å². The Hall–Kier alpha value is -3.90. The maximum Gasteiger partial charge on any atom is 0.216 e. The summed E-state index contributed by atoms with van der Waals surface area (Å²) in [4.78, 5) is 0. The van der Waals surface area contributed by atoms with E-state index >= 15 is 0 Å². The standard InChI is InChI=1S/C32H29N2O/c1-20-13-15-24-25-16-14-21(19-33)29(23-9-7-11-26-22(23)10-8-17-32(26,2)3)31(25)35-30(24)28(20)27-12-5-6-18-34(27)4/h5-7,9,11-16,18H,8,10,17H2,1-4H3/q+1/i10D2. The maximum absolute atomic E-state index is 10.2. The Morgan fingerprint density at radius 1 is 0.971 bits per heavy atom. The molecule has 1 aliphatic rings. The van der Waals surface area contributed by atoms with E-state index < -0.39 is 6.37 Å². The molecule has 3 nitrogen and oxygen atoms in total. The van der Waals surface area contributed by atoms with Gasteiger partial charge >= 0.3 is 0 Å². The topological polar surface area (TPSA) is 40.8 Å². The first-order chi connectivity index (χ1) is 17.6. The second kappa shape index (κ2) is 7.82. The molecule has 5 aromatic rings. The van der Waals surface area contributed by atoms with Crippen LogP contribution in [0.25, 0.3) is 44.3 Å². The van der Waals surface area contributed by atoms with Crippen LogP contribution in [0.1, 0.15) is 51.7 Å². The van der Waals surface area contributed by atoms with Gasteiger partial charge in [0.1, 0.15) is 18.2 Å². The quantitative estimate of drug-likeness (QED) is 0.256. The van der Waals surface area contributed by atoms with Gasteiger partial charge in [0.2, 0.25) is 5.69 Å². The van der Waals surface area contributed by atoms with Crippen molar-refractivity contribution >= 4 is 21.9 Å². The molecule has 0 N–H and O–H groups in total. The Morgan fingerprint density at radius 3 is 2.51 bits per heavy atom. The van der Waals surface area contributed by atoms with Crippen LogP contribution in [0.5, 0.6) is 0 Å². The van der Waals surface area contributed by atoms with Crippen molar-refractivity contribution in [1.29, 1.82) is 5.26 Å². The fourth-order valence-corrected chi connectivity index (χ4v) is 5.61. The van der Waals surface area contributed by atoms with Gasteiger partial charge in [0.05, 0.1) is 17.2 Å². The summed E-state index contributed by atoms with van der Waals surface area (Å²) in [6, 6.07) is 22.5. The van der Waals surface area contributed by atoms with E-state index in [0.29, 0.717) is 28.7 Å². The Bertz CT molecular complexity index is 1770. The molecule has 172 valence electrons. The molecular weight excluding hydrogens is 428 g/mol. The van der Waals surface area contributed by atoms with Crippen molar-refractivity contribution in [1.82, 2.24) is 0 Å². The largest absolute Gasteiger partial charge is 0.454 e. The highest BCUT2D eigenvalue weighted by molar-refractivity contribution is 6.14. The third-order valence-corrected chi connectivity index (χ3v) is 7.56. The number of fused-ring (bicyclic) bond motifs is 4. The number of rotatable bonds is 2. The third-order valence-electron chi connectivity index (χ3n) is 7.56. The van der Waals surface area contributed by atoms with Crippen LogP contribution in [0.2, 0.25) is 0 Å². The number of aryl methyl sites for hydroxylation is 2. The average molecular weight is 460 g/mol. The predicted molar refractivity (Wildman–Crippen MR) is 141 cm³/mol. The molecule has 0 atom stereocenters. The van der Waals surface area contributed by atoms with Crippen LogP contribution in [0.4, 0.5) is 0 Å². The molecule has 0 unspecified atom stereocenters. The van der Waals surface area contributed by atoms with Gasteiger partial charge in [0.25, 0.3) is 0 Å². The van der Waals surface area contributed by atoms with Crippen molar-refractivity contribution in [3.8, 4) is 28.5 Å². The number of pyridine rings is 1. The van der Waals surface area contributed by atoms with E-state index in [-0.39, 0.29) is 5.41 Å². The van der Waals surface area contributed by atoms with Crippen molar-refractivity contribution in [3.05, 3.63) is 89.1 Å². The summed E-state index contributed by atoms with van der Waals surface area (Å²) < 4.78 is 26.7. The number of hydrogen-bond acceptors (Lipinski definition) is 2. The summed E-state index contributed by atoms with van der Waals surface area (Å²) >= 11 is 0. The minimum atomic E-state index is -1.50. The number of nitrogens with zero attached hydrogens (tertiary/aromatic N) is 2. The Morgan fingerprint density at radius 2 is 1.74 bits per heavy atom. The minimum Gasteiger partial charge on any atom is -0.454 e. The van der Waals surface area contributed by atoms with Gasteiger partial charge in [-0.25, -0.2) is 4.57 Å². The first-order valence-corrected chi connectivity index (χ1v) is 12.1. The molecule has 0 bridgehead atoms. The first-order valence-electron chi connectivity index (χ1n) is 13.1. The van der Waals surface area contributed by atoms with Crippen LogP contribution in [0.3, 0.4) is 0 Å². The van der Waals surface area contributed by atoms with Crippen LogP contribution in [0.15, 0.2) is 71.3 Å². The molecule has 6 rings (SSSR count). The fraction of sp³-hybridized carbons (Fsp3) is 0.250. The lowest BCUT2D eigenvalue weighted by atomic mass is 9.71. The second-order valence-electron chi connectivity index (χ2n) is 10.2. The Labute approximate surface area is 209 Å². The van der Waals surface area contributed by atoms with Crippen LogP contribution >= 0.6 is 0 Å². The number of benzene rings is 3. The van der Waals surface area contributed by atoms with E-state index in [1.54, 1.807) is 0 Å². The maximum atomic E-state index is 10.2. The van der Waals surface area contributed by atoms with Gasteiger partial charge in [0.15, 0.2) is 6.20 Å². The molecule has 0 spiro atoms. The van der Waals surface area contributed by atoms with Crippen LogP contribution in [-0.2, 0) is 18.8 Å². The van der Waals surface area contributed by atoms with Gasteiger partial charge in [0, 0.05) is 31.2 Å². The molecule has 35 heavy (non-hydrogen) atoms. The Kier molecular flexibility index (Phi) is 4.34. The molecule has 3 heteroatoms. The van der Waals surface area contributed by atoms with E-state index in [1.807, 2.05) is 55.7 Å². The van der Waals surface area contributed by atoms with Gasteiger partial charge in [-0.3, -0.25) is 0 Å². The monoisotopic (exact) mass is 459 g/mol. The van der Waals surface area contributed by atoms with E-state index in [9.17, 15) is 5.26 Å². The number of hydrogen-bond donors (Lipinski definition) is 0. The fourth-order valence-electron chi connectivity index (χ4n) is 5.61. The summed E-state index contributed by atoms with van der Waals surface area (Å²) in [5.74, 6) is 0. The molecule has 3 aromatic carbocycles. The highest BCUT2D eigenvalue weighted by atomic mass is 16.3. The SMILES string of the molecule is [2H]C1([2H])CCC(C)(C)c2cccc(-c3c(C#N)ccc4c3oc3c(-c5cccc[n+]5C)c(C)ccc34)c21. The lowest BCUT2D eigenvalue weighted by Gasteiger charge is -2.34. The molecule has 0 saturated heterocycles. The van der Waals surface area contributed by atoms with E-state index in [2.05, 4.69) is 49.6 Å². The first kappa shape index (κ1) is 19.4. The van der Waals surface area contributed by atoms with Crippen molar-refractivity contribution in [2.45, 2.75) is 45.4 Å². The van der Waals surface area contributed by atoms with Gasteiger partial charge < -0.3 is 4.42 Å². The van der Waals surface area contributed by atoms with Gasteiger partial charge in [-0.05, 0) is 72.0 Å².